The van der Waals surface area contributed by atoms with E-state index in [1.807, 2.05) is 37.4 Å². The summed E-state index contributed by atoms with van der Waals surface area (Å²) in [6.07, 6.45) is -0.588. The van der Waals surface area contributed by atoms with E-state index in [0.717, 1.165) is 22.9 Å². The van der Waals surface area contributed by atoms with Crippen molar-refractivity contribution in [1.29, 1.82) is 0 Å². The van der Waals surface area contributed by atoms with E-state index < -0.39 is 6.10 Å². The third kappa shape index (κ3) is 4.72. The van der Waals surface area contributed by atoms with Crippen molar-refractivity contribution in [3.05, 3.63) is 41.6 Å². The van der Waals surface area contributed by atoms with Crippen LogP contribution in [0.5, 0.6) is 11.6 Å². The summed E-state index contributed by atoms with van der Waals surface area (Å²) >= 11 is 0. The third-order valence-corrected chi connectivity index (χ3v) is 3.73. The van der Waals surface area contributed by atoms with Crippen LogP contribution in [0.1, 0.15) is 31.0 Å². The lowest BCUT2D eigenvalue weighted by molar-refractivity contribution is 0.106. The van der Waals surface area contributed by atoms with Gasteiger partial charge in [-0.1, -0.05) is 32.0 Å². The highest BCUT2D eigenvalue weighted by Crippen LogP contribution is 2.26. The van der Waals surface area contributed by atoms with Crippen molar-refractivity contribution < 1.29 is 14.6 Å². The Kier molecular flexibility index (Phi) is 6.63. The zero-order valence-corrected chi connectivity index (χ0v) is 14.8. The zero-order chi connectivity index (χ0) is 17.5. The van der Waals surface area contributed by atoms with Crippen LogP contribution < -0.4 is 14.8 Å². The Labute approximate surface area is 143 Å². The Bertz CT molecular complexity index is 626. The number of nitrogens with zero attached hydrogens (tertiary/aromatic N) is 2. The lowest BCUT2D eigenvalue weighted by atomic mass is 10.1. The number of aliphatic hydroxyl groups is 1. The smallest absolute Gasteiger partial charge is 0.216 e. The largest absolute Gasteiger partial charge is 0.491 e. The number of para-hydroxylation sites is 1. The Morgan fingerprint density at radius 1 is 1.25 bits per heavy atom. The molecule has 0 amide bonds. The molecule has 1 unspecified atom stereocenters. The Morgan fingerprint density at radius 2 is 1.96 bits per heavy atom. The monoisotopic (exact) mass is 333 g/mol. The van der Waals surface area contributed by atoms with Crippen LogP contribution in [0.15, 0.2) is 30.3 Å². The average Bonchev–Trinajstić information content (AvgIpc) is 2.90. The van der Waals surface area contributed by atoms with E-state index in [1.54, 1.807) is 11.8 Å². The molecule has 0 aliphatic carbocycles. The number of ether oxygens (including phenoxy) is 2. The number of aromatic nitrogens is 2. The van der Waals surface area contributed by atoms with Crippen LogP contribution in [-0.2, 0) is 13.6 Å². The molecule has 0 aliphatic rings. The van der Waals surface area contributed by atoms with Crippen molar-refractivity contribution >= 4 is 0 Å². The molecular weight excluding hydrogens is 306 g/mol. The maximum absolute atomic E-state index is 10.1. The third-order valence-electron chi connectivity index (χ3n) is 3.73. The fraction of sp³-hybridized carbons (Fsp3) is 0.500. The Balaban J connectivity index is 1.85. The lowest BCUT2D eigenvalue weighted by Crippen LogP contribution is -2.31. The molecule has 2 N–H and O–H groups in total. The van der Waals surface area contributed by atoms with Gasteiger partial charge in [-0.2, -0.15) is 5.10 Å². The first-order valence-electron chi connectivity index (χ1n) is 8.19. The minimum atomic E-state index is -0.588. The van der Waals surface area contributed by atoms with E-state index in [4.69, 9.17) is 9.47 Å². The zero-order valence-electron chi connectivity index (χ0n) is 14.8. The van der Waals surface area contributed by atoms with Crippen molar-refractivity contribution in [2.24, 2.45) is 7.05 Å². The van der Waals surface area contributed by atoms with Crippen LogP contribution in [0.25, 0.3) is 0 Å². The summed E-state index contributed by atoms with van der Waals surface area (Å²) in [5.41, 5.74) is 2.04. The molecule has 0 aliphatic heterocycles. The maximum atomic E-state index is 10.1. The predicted molar refractivity (Wildman–Crippen MR) is 93.5 cm³/mol. The second-order valence-corrected chi connectivity index (χ2v) is 6.06. The second kappa shape index (κ2) is 8.70. The molecule has 2 aromatic rings. The van der Waals surface area contributed by atoms with Crippen molar-refractivity contribution in [1.82, 2.24) is 15.1 Å². The van der Waals surface area contributed by atoms with Crippen molar-refractivity contribution in [2.45, 2.75) is 32.4 Å². The molecular formula is C18H27N3O3. The number of hydrogen-bond donors (Lipinski definition) is 2. The van der Waals surface area contributed by atoms with Crippen LogP contribution in [0.2, 0.25) is 0 Å². The molecule has 0 fully saturated rings. The van der Waals surface area contributed by atoms with Gasteiger partial charge in [0.25, 0.3) is 0 Å². The highest BCUT2D eigenvalue weighted by Gasteiger charge is 2.19. The Morgan fingerprint density at radius 3 is 2.58 bits per heavy atom. The van der Waals surface area contributed by atoms with Crippen molar-refractivity contribution in [3.8, 4) is 11.6 Å². The van der Waals surface area contributed by atoms with Crippen molar-refractivity contribution in [2.75, 3.05) is 20.3 Å². The molecule has 0 saturated heterocycles. The molecule has 1 atom stereocenters. The fourth-order valence-electron chi connectivity index (χ4n) is 2.59. The van der Waals surface area contributed by atoms with Gasteiger partial charge >= 0.3 is 0 Å². The van der Waals surface area contributed by atoms with Gasteiger partial charge in [0.2, 0.25) is 5.88 Å². The van der Waals surface area contributed by atoms with Crippen molar-refractivity contribution in [3.63, 3.8) is 0 Å². The Hall–Kier alpha value is -2.05. The molecule has 0 saturated carbocycles. The highest BCUT2D eigenvalue weighted by atomic mass is 16.5. The normalized spacial score (nSPS) is 12.4. The summed E-state index contributed by atoms with van der Waals surface area (Å²) in [4.78, 5) is 0. The summed E-state index contributed by atoms with van der Waals surface area (Å²) in [5.74, 6) is 1.82. The topological polar surface area (TPSA) is 68.5 Å². The molecule has 1 aromatic carbocycles. The molecule has 1 aromatic heterocycles. The average molecular weight is 333 g/mol. The number of aryl methyl sites for hydroxylation is 1. The molecule has 132 valence electrons. The lowest BCUT2D eigenvalue weighted by Gasteiger charge is -2.14. The van der Waals surface area contributed by atoms with E-state index in [0.29, 0.717) is 19.0 Å². The number of benzene rings is 1. The first kappa shape index (κ1) is 18.3. The standard InChI is InChI=1S/C18H27N3O3/c1-13(2)17-16(18(23-4)21(3)20-17)11-19-10-14(22)12-24-15-8-6-5-7-9-15/h5-9,13-14,19,22H,10-12H2,1-4H3. The van der Waals surface area contributed by atoms with Crippen LogP contribution in [0, 0.1) is 0 Å². The van der Waals surface area contributed by atoms with Gasteiger partial charge in [-0.15, -0.1) is 0 Å². The fourth-order valence-corrected chi connectivity index (χ4v) is 2.59. The highest BCUT2D eigenvalue weighted by molar-refractivity contribution is 5.33. The first-order valence-corrected chi connectivity index (χ1v) is 8.19. The second-order valence-electron chi connectivity index (χ2n) is 6.06. The predicted octanol–water partition coefficient (Wildman–Crippen LogP) is 2.08. The molecule has 1 heterocycles. The SMILES string of the molecule is COc1c(CNCC(O)COc2ccccc2)c(C(C)C)nn1C. The first-order chi connectivity index (χ1) is 11.5. The van der Waals surface area contributed by atoms with E-state index in [-0.39, 0.29) is 6.61 Å². The van der Waals surface area contributed by atoms with E-state index in [2.05, 4.69) is 24.3 Å². The van der Waals surface area contributed by atoms with Gasteiger partial charge < -0.3 is 19.9 Å². The maximum Gasteiger partial charge on any atom is 0.216 e. The quantitative estimate of drug-likeness (QED) is 0.735. The van der Waals surface area contributed by atoms with Gasteiger partial charge in [-0.3, -0.25) is 0 Å². The van der Waals surface area contributed by atoms with Gasteiger partial charge in [0.1, 0.15) is 18.5 Å². The summed E-state index contributed by atoms with van der Waals surface area (Å²) in [5, 5.41) is 17.8. The molecule has 6 nitrogen and oxygen atoms in total. The van der Waals surface area contributed by atoms with Gasteiger partial charge in [0, 0.05) is 20.1 Å². The van der Waals surface area contributed by atoms with Gasteiger partial charge in [-0.25, -0.2) is 4.68 Å². The molecule has 0 bridgehead atoms. The molecule has 2 rings (SSSR count). The molecule has 24 heavy (non-hydrogen) atoms. The van der Waals surface area contributed by atoms with Crippen LogP contribution >= 0.6 is 0 Å². The molecule has 6 heteroatoms. The van der Waals surface area contributed by atoms with Crippen LogP contribution in [0.4, 0.5) is 0 Å². The summed E-state index contributed by atoms with van der Waals surface area (Å²) in [6.45, 7) is 5.48. The minimum absolute atomic E-state index is 0.248. The number of rotatable bonds is 9. The number of methoxy groups -OCH3 is 1. The minimum Gasteiger partial charge on any atom is -0.491 e. The van der Waals surface area contributed by atoms with Gasteiger partial charge in [0.15, 0.2) is 0 Å². The van der Waals surface area contributed by atoms with E-state index in [1.165, 1.54) is 0 Å². The van der Waals surface area contributed by atoms with Crippen LogP contribution in [-0.4, -0.2) is 41.3 Å². The van der Waals surface area contributed by atoms with E-state index >= 15 is 0 Å². The van der Waals surface area contributed by atoms with E-state index in [9.17, 15) is 5.11 Å². The number of hydrogen-bond acceptors (Lipinski definition) is 5. The van der Waals surface area contributed by atoms with Gasteiger partial charge in [-0.05, 0) is 18.1 Å². The van der Waals surface area contributed by atoms with Crippen LogP contribution in [0.3, 0.4) is 0 Å². The molecule has 0 spiro atoms. The summed E-state index contributed by atoms with van der Waals surface area (Å²) in [7, 11) is 3.52. The summed E-state index contributed by atoms with van der Waals surface area (Å²) in [6, 6.07) is 9.48. The summed E-state index contributed by atoms with van der Waals surface area (Å²) < 4.78 is 12.7. The van der Waals surface area contributed by atoms with Gasteiger partial charge in [0.05, 0.1) is 18.4 Å². The number of aliphatic hydroxyl groups excluding tert-OH is 1. The molecule has 0 radical (unpaired) electrons. The number of nitrogens with one attached hydrogen (secondary N) is 1.